The van der Waals surface area contributed by atoms with Crippen LogP contribution in [0.25, 0.3) is 0 Å². The second kappa shape index (κ2) is 9.43. The van der Waals surface area contributed by atoms with Crippen molar-refractivity contribution in [2.24, 2.45) is 5.41 Å². The van der Waals surface area contributed by atoms with E-state index in [9.17, 15) is 4.79 Å². The molecule has 1 rings (SSSR count). The average Bonchev–Trinajstić information content (AvgIpc) is 2.39. The van der Waals surface area contributed by atoms with Gasteiger partial charge in [0.1, 0.15) is 0 Å². The molecule has 4 heteroatoms. The standard InChI is InChI=1S/C8H16O2S.C7H7Br/c1-5-11-6-8(2,3)7(9)10-4;1-6-2-4-7(8)5-3-6/h5-6H2,1-4H3;2-5H,1H3. The van der Waals surface area contributed by atoms with E-state index in [1.54, 1.807) is 11.8 Å². The van der Waals surface area contributed by atoms with Crippen LogP contribution in [0.1, 0.15) is 26.3 Å². The first-order valence-corrected chi connectivity index (χ1v) is 8.16. The lowest BCUT2D eigenvalue weighted by Gasteiger charge is -2.20. The van der Waals surface area contributed by atoms with Crippen LogP contribution in [0.4, 0.5) is 0 Å². The zero-order valence-corrected chi connectivity index (χ0v) is 14.7. The van der Waals surface area contributed by atoms with Gasteiger partial charge in [-0.1, -0.05) is 40.5 Å². The van der Waals surface area contributed by atoms with Gasteiger partial charge >= 0.3 is 5.97 Å². The molecule has 0 unspecified atom stereocenters. The summed E-state index contributed by atoms with van der Waals surface area (Å²) in [5, 5.41) is 0. The number of rotatable bonds is 4. The Morgan fingerprint density at radius 2 is 1.84 bits per heavy atom. The Labute approximate surface area is 129 Å². The van der Waals surface area contributed by atoms with E-state index < -0.39 is 0 Å². The van der Waals surface area contributed by atoms with Crippen molar-refractivity contribution in [2.75, 3.05) is 18.6 Å². The molecule has 108 valence electrons. The van der Waals surface area contributed by atoms with Crippen molar-refractivity contribution in [3.63, 3.8) is 0 Å². The number of hydrogen-bond acceptors (Lipinski definition) is 3. The van der Waals surface area contributed by atoms with Crippen molar-refractivity contribution in [1.29, 1.82) is 0 Å². The second-order valence-electron chi connectivity index (χ2n) is 4.81. The predicted octanol–water partition coefficient (Wildman–Crippen LogP) is 4.70. The molecular formula is C15H23BrO2S. The molecule has 0 aromatic heterocycles. The molecule has 0 bridgehead atoms. The van der Waals surface area contributed by atoms with Gasteiger partial charge in [-0.3, -0.25) is 4.79 Å². The van der Waals surface area contributed by atoms with Crippen LogP contribution in [0.2, 0.25) is 0 Å². The van der Waals surface area contributed by atoms with Gasteiger partial charge in [0.25, 0.3) is 0 Å². The molecule has 1 aromatic carbocycles. The van der Waals surface area contributed by atoms with Gasteiger partial charge in [-0.05, 0) is 38.7 Å². The molecule has 0 heterocycles. The van der Waals surface area contributed by atoms with Crippen molar-refractivity contribution >= 4 is 33.7 Å². The van der Waals surface area contributed by atoms with Gasteiger partial charge in [0.05, 0.1) is 12.5 Å². The van der Waals surface area contributed by atoms with E-state index in [1.165, 1.54) is 12.7 Å². The molecule has 0 N–H and O–H groups in total. The van der Waals surface area contributed by atoms with Gasteiger partial charge in [-0.2, -0.15) is 11.8 Å². The molecule has 0 amide bonds. The third-order valence-electron chi connectivity index (χ3n) is 2.42. The van der Waals surface area contributed by atoms with Gasteiger partial charge in [0.15, 0.2) is 0 Å². The van der Waals surface area contributed by atoms with Crippen LogP contribution >= 0.6 is 27.7 Å². The van der Waals surface area contributed by atoms with E-state index in [0.29, 0.717) is 0 Å². The minimum atomic E-state index is -0.338. The maximum atomic E-state index is 11.1. The highest BCUT2D eigenvalue weighted by molar-refractivity contribution is 9.10. The molecule has 0 aliphatic heterocycles. The summed E-state index contributed by atoms with van der Waals surface area (Å²) in [4.78, 5) is 11.1. The van der Waals surface area contributed by atoms with E-state index in [2.05, 4.69) is 46.6 Å². The molecule has 2 nitrogen and oxygen atoms in total. The lowest BCUT2D eigenvalue weighted by Crippen LogP contribution is -2.28. The van der Waals surface area contributed by atoms with Crippen LogP contribution in [0.5, 0.6) is 0 Å². The van der Waals surface area contributed by atoms with Crippen LogP contribution < -0.4 is 0 Å². The van der Waals surface area contributed by atoms with E-state index in [-0.39, 0.29) is 11.4 Å². The Bertz CT molecular complexity index is 353. The van der Waals surface area contributed by atoms with Gasteiger partial charge in [-0.15, -0.1) is 0 Å². The molecule has 0 saturated carbocycles. The molecule has 0 fully saturated rings. The van der Waals surface area contributed by atoms with E-state index >= 15 is 0 Å². The van der Waals surface area contributed by atoms with Gasteiger partial charge in [-0.25, -0.2) is 0 Å². The molecule has 0 saturated heterocycles. The van der Waals surface area contributed by atoms with Crippen LogP contribution in [-0.2, 0) is 9.53 Å². The fourth-order valence-electron chi connectivity index (χ4n) is 1.23. The largest absolute Gasteiger partial charge is 0.469 e. The molecule has 0 atom stereocenters. The Morgan fingerprint density at radius 3 is 2.21 bits per heavy atom. The number of esters is 1. The molecule has 1 aromatic rings. The van der Waals surface area contributed by atoms with Crippen molar-refractivity contribution in [2.45, 2.75) is 27.7 Å². The zero-order valence-electron chi connectivity index (χ0n) is 12.3. The number of methoxy groups -OCH3 is 1. The van der Waals surface area contributed by atoms with Crippen LogP contribution in [0.3, 0.4) is 0 Å². The van der Waals surface area contributed by atoms with Gasteiger partial charge in [0.2, 0.25) is 0 Å². The SMILES string of the molecule is CCSCC(C)(C)C(=O)OC.Cc1ccc(Br)cc1. The molecular weight excluding hydrogens is 324 g/mol. The number of carbonyl (C=O) groups is 1. The number of hydrogen-bond donors (Lipinski definition) is 0. The fraction of sp³-hybridized carbons (Fsp3) is 0.533. The van der Waals surface area contributed by atoms with Crippen LogP contribution in [0, 0.1) is 12.3 Å². The smallest absolute Gasteiger partial charge is 0.312 e. The molecule has 0 aliphatic carbocycles. The summed E-state index contributed by atoms with van der Waals surface area (Å²) in [6, 6.07) is 8.22. The van der Waals surface area contributed by atoms with E-state index in [1.807, 2.05) is 26.0 Å². The number of carbonyl (C=O) groups excluding carboxylic acids is 1. The summed E-state index contributed by atoms with van der Waals surface area (Å²) in [6.07, 6.45) is 0. The number of ether oxygens (including phenoxy) is 1. The number of aryl methyl sites for hydroxylation is 1. The van der Waals surface area contributed by atoms with Crippen LogP contribution in [0.15, 0.2) is 28.7 Å². The summed E-state index contributed by atoms with van der Waals surface area (Å²) < 4.78 is 5.80. The minimum absolute atomic E-state index is 0.126. The lowest BCUT2D eigenvalue weighted by atomic mass is 9.97. The summed E-state index contributed by atoms with van der Waals surface area (Å²) in [6.45, 7) is 7.97. The number of halogens is 1. The maximum Gasteiger partial charge on any atom is 0.312 e. The lowest BCUT2D eigenvalue weighted by molar-refractivity contribution is -0.149. The molecule has 0 aliphatic rings. The Balaban J connectivity index is 0.000000356. The van der Waals surface area contributed by atoms with Crippen molar-refractivity contribution < 1.29 is 9.53 Å². The summed E-state index contributed by atoms with van der Waals surface area (Å²) in [5.74, 6) is 1.75. The zero-order chi connectivity index (χ0) is 14.9. The highest BCUT2D eigenvalue weighted by Gasteiger charge is 2.27. The predicted molar refractivity (Wildman–Crippen MR) is 87.7 cm³/mol. The minimum Gasteiger partial charge on any atom is -0.469 e. The molecule has 19 heavy (non-hydrogen) atoms. The Hall–Kier alpha value is -0.480. The van der Waals surface area contributed by atoms with Crippen molar-refractivity contribution in [1.82, 2.24) is 0 Å². The summed E-state index contributed by atoms with van der Waals surface area (Å²) >= 11 is 5.10. The van der Waals surface area contributed by atoms with Crippen molar-refractivity contribution in [3.8, 4) is 0 Å². The highest BCUT2D eigenvalue weighted by atomic mass is 79.9. The highest BCUT2D eigenvalue weighted by Crippen LogP contribution is 2.22. The third kappa shape index (κ3) is 8.32. The average molecular weight is 347 g/mol. The second-order valence-corrected chi connectivity index (χ2v) is 7.00. The number of benzene rings is 1. The molecule has 0 spiro atoms. The topological polar surface area (TPSA) is 26.3 Å². The van der Waals surface area contributed by atoms with Crippen LogP contribution in [-0.4, -0.2) is 24.6 Å². The van der Waals surface area contributed by atoms with E-state index in [4.69, 9.17) is 0 Å². The third-order valence-corrected chi connectivity index (χ3v) is 4.28. The first kappa shape index (κ1) is 18.5. The molecule has 0 radical (unpaired) electrons. The summed E-state index contributed by atoms with van der Waals surface area (Å²) in [7, 11) is 1.43. The first-order valence-electron chi connectivity index (χ1n) is 6.21. The monoisotopic (exact) mass is 346 g/mol. The first-order chi connectivity index (χ1) is 8.83. The number of thioether (sulfide) groups is 1. The van der Waals surface area contributed by atoms with Gasteiger partial charge in [0, 0.05) is 10.2 Å². The Morgan fingerprint density at radius 1 is 1.32 bits per heavy atom. The van der Waals surface area contributed by atoms with Gasteiger partial charge < -0.3 is 4.74 Å². The maximum absolute atomic E-state index is 11.1. The summed E-state index contributed by atoms with van der Waals surface area (Å²) in [5.41, 5.74) is 0.961. The van der Waals surface area contributed by atoms with Crippen molar-refractivity contribution in [3.05, 3.63) is 34.3 Å². The quantitative estimate of drug-likeness (QED) is 0.739. The normalized spacial score (nSPS) is 10.4. The Kier molecular flexibility index (Phi) is 9.19. The van der Waals surface area contributed by atoms with E-state index in [0.717, 1.165) is 16.0 Å². The fourth-order valence-corrected chi connectivity index (χ4v) is 2.32.